The second kappa shape index (κ2) is 4.58. The lowest BCUT2D eigenvalue weighted by Gasteiger charge is -2.19. The molecule has 0 amide bonds. The third-order valence-corrected chi connectivity index (χ3v) is 3.16. The van der Waals surface area contributed by atoms with Crippen molar-refractivity contribution in [2.24, 2.45) is 0 Å². The maximum absolute atomic E-state index is 8.96. The first kappa shape index (κ1) is 11.5. The van der Waals surface area contributed by atoms with Crippen LogP contribution in [0.4, 0.5) is 5.69 Å². The minimum atomic E-state index is -0.0668. The minimum absolute atomic E-state index is 0.0668. The zero-order valence-electron chi connectivity index (χ0n) is 10.6. The predicted molar refractivity (Wildman–Crippen MR) is 72.8 cm³/mol. The smallest absolute Gasteiger partial charge is 0.299 e. The van der Waals surface area contributed by atoms with E-state index in [4.69, 9.17) is 10.00 Å². The van der Waals surface area contributed by atoms with Crippen molar-refractivity contribution in [2.75, 3.05) is 0 Å². The highest BCUT2D eigenvalue weighted by atomic mass is 16.5. The Kier molecular flexibility index (Phi) is 2.77. The Hall–Kier alpha value is -2.60. The van der Waals surface area contributed by atoms with E-state index in [-0.39, 0.29) is 6.23 Å². The van der Waals surface area contributed by atoms with Gasteiger partial charge in [0.25, 0.3) is 6.23 Å². The van der Waals surface area contributed by atoms with E-state index in [0.29, 0.717) is 5.56 Å². The molecular formula is C16H13N2O+. The summed E-state index contributed by atoms with van der Waals surface area (Å²) >= 11 is 0. The van der Waals surface area contributed by atoms with Gasteiger partial charge in [0.15, 0.2) is 6.21 Å². The fourth-order valence-corrected chi connectivity index (χ4v) is 2.21. The van der Waals surface area contributed by atoms with E-state index in [1.807, 2.05) is 55.6 Å². The summed E-state index contributed by atoms with van der Waals surface area (Å²) in [4.78, 5) is 0. The lowest BCUT2D eigenvalue weighted by molar-refractivity contribution is -0.522. The van der Waals surface area contributed by atoms with Gasteiger partial charge in [-0.3, -0.25) is 0 Å². The standard InChI is InChI=1S/C16H13N2O/c1-12-18(15-5-3-2-4-6-15)11-14-9-13(10-17)7-8-16(14)19-12/h2-9,11-12H,1H3/q+1. The molecule has 1 unspecified atom stereocenters. The number of nitrogens with zero attached hydrogens (tertiary/aromatic N) is 2. The maximum Gasteiger partial charge on any atom is 0.299 e. The normalized spacial score (nSPS) is 16.8. The Balaban J connectivity index is 2.11. The first-order chi connectivity index (χ1) is 9.28. The number of hydrogen-bond acceptors (Lipinski definition) is 2. The van der Waals surface area contributed by atoms with E-state index >= 15 is 0 Å². The van der Waals surface area contributed by atoms with Crippen LogP contribution in [-0.2, 0) is 0 Å². The zero-order valence-corrected chi connectivity index (χ0v) is 10.6. The van der Waals surface area contributed by atoms with Gasteiger partial charge in [-0.15, -0.1) is 0 Å². The topological polar surface area (TPSA) is 36.0 Å². The van der Waals surface area contributed by atoms with Gasteiger partial charge in [0, 0.05) is 19.1 Å². The van der Waals surface area contributed by atoms with Crippen LogP contribution in [0.5, 0.6) is 5.75 Å². The summed E-state index contributed by atoms with van der Waals surface area (Å²) in [5.74, 6) is 0.818. The summed E-state index contributed by atoms with van der Waals surface area (Å²) in [5.41, 5.74) is 2.64. The van der Waals surface area contributed by atoms with E-state index < -0.39 is 0 Å². The summed E-state index contributed by atoms with van der Waals surface area (Å²) in [6, 6.07) is 17.7. The van der Waals surface area contributed by atoms with Crippen molar-refractivity contribution in [1.29, 1.82) is 5.26 Å². The molecule has 1 aliphatic rings. The summed E-state index contributed by atoms with van der Waals surface area (Å²) < 4.78 is 7.94. The first-order valence-corrected chi connectivity index (χ1v) is 6.17. The Morgan fingerprint density at radius 2 is 1.95 bits per heavy atom. The van der Waals surface area contributed by atoms with Crippen LogP contribution < -0.4 is 4.74 Å². The zero-order chi connectivity index (χ0) is 13.2. The molecule has 0 aliphatic carbocycles. The molecule has 92 valence electrons. The van der Waals surface area contributed by atoms with Gasteiger partial charge < -0.3 is 4.74 Å². The molecule has 3 heteroatoms. The van der Waals surface area contributed by atoms with Gasteiger partial charge in [-0.1, -0.05) is 18.2 Å². The number of ether oxygens (including phenoxy) is 1. The Morgan fingerprint density at radius 1 is 1.16 bits per heavy atom. The van der Waals surface area contributed by atoms with Crippen LogP contribution in [0.3, 0.4) is 0 Å². The van der Waals surface area contributed by atoms with Crippen LogP contribution in [0.25, 0.3) is 0 Å². The van der Waals surface area contributed by atoms with E-state index in [1.165, 1.54) is 0 Å². The number of para-hydroxylation sites is 1. The lowest BCUT2D eigenvalue weighted by Crippen LogP contribution is -2.30. The molecule has 1 heterocycles. The predicted octanol–water partition coefficient (Wildman–Crippen LogP) is 3.06. The first-order valence-electron chi connectivity index (χ1n) is 6.17. The Labute approximate surface area is 112 Å². The molecule has 0 saturated carbocycles. The quantitative estimate of drug-likeness (QED) is 0.728. The number of hydrogen-bond donors (Lipinski definition) is 0. The molecule has 0 aromatic heterocycles. The summed E-state index contributed by atoms with van der Waals surface area (Å²) in [7, 11) is 0. The minimum Gasteiger partial charge on any atom is -0.433 e. The van der Waals surface area contributed by atoms with Crippen LogP contribution in [0.2, 0.25) is 0 Å². The van der Waals surface area contributed by atoms with Crippen molar-refractivity contribution in [1.82, 2.24) is 0 Å². The molecule has 0 spiro atoms. The van der Waals surface area contributed by atoms with Crippen molar-refractivity contribution in [3.8, 4) is 11.8 Å². The molecule has 2 aromatic carbocycles. The van der Waals surface area contributed by atoms with Gasteiger partial charge >= 0.3 is 0 Å². The molecule has 19 heavy (non-hydrogen) atoms. The molecule has 3 nitrogen and oxygen atoms in total. The molecule has 0 bridgehead atoms. The van der Waals surface area contributed by atoms with Gasteiger partial charge in [-0.05, 0) is 18.2 Å². The number of benzene rings is 2. The number of fused-ring (bicyclic) bond motifs is 1. The van der Waals surface area contributed by atoms with Crippen LogP contribution in [0.1, 0.15) is 18.1 Å². The fourth-order valence-electron chi connectivity index (χ4n) is 2.21. The molecule has 3 rings (SSSR count). The highest BCUT2D eigenvalue weighted by Gasteiger charge is 2.26. The molecule has 0 N–H and O–H groups in total. The second-order valence-corrected chi connectivity index (χ2v) is 4.45. The third kappa shape index (κ3) is 2.09. The largest absolute Gasteiger partial charge is 0.433 e. The van der Waals surface area contributed by atoms with E-state index in [9.17, 15) is 0 Å². The number of rotatable bonds is 1. The van der Waals surface area contributed by atoms with Crippen molar-refractivity contribution < 1.29 is 9.31 Å². The molecule has 2 aromatic rings. The van der Waals surface area contributed by atoms with Crippen LogP contribution >= 0.6 is 0 Å². The average molecular weight is 249 g/mol. The van der Waals surface area contributed by atoms with Crippen LogP contribution in [0, 0.1) is 11.3 Å². The molecular weight excluding hydrogens is 236 g/mol. The van der Waals surface area contributed by atoms with Crippen molar-refractivity contribution in [2.45, 2.75) is 13.2 Å². The highest BCUT2D eigenvalue weighted by Crippen LogP contribution is 2.26. The average Bonchev–Trinajstić information content (AvgIpc) is 2.47. The monoisotopic (exact) mass is 249 g/mol. The summed E-state index contributed by atoms with van der Waals surface area (Å²) in [5, 5.41) is 8.96. The molecule has 1 atom stereocenters. The molecule has 0 fully saturated rings. The van der Waals surface area contributed by atoms with Gasteiger partial charge in [-0.2, -0.15) is 9.84 Å². The third-order valence-electron chi connectivity index (χ3n) is 3.16. The van der Waals surface area contributed by atoms with Gasteiger partial charge in [-0.25, -0.2) is 0 Å². The second-order valence-electron chi connectivity index (χ2n) is 4.45. The molecule has 1 aliphatic heterocycles. The van der Waals surface area contributed by atoms with Gasteiger partial charge in [0.1, 0.15) is 5.75 Å². The SMILES string of the molecule is CC1Oc2ccc(C#N)cc2C=[N+]1c1ccccc1. The summed E-state index contributed by atoms with van der Waals surface area (Å²) in [6.07, 6.45) is 1.96. The van der Waals surface area contributed by atoms with Crippen LogP contribution in [0.15, 0.2) is 48.5 Å². The Morgan fingerprint density at radius 3 is 2.68 bits per heavy atom. The van der Waals surface area contributed by atoms with Gasteiger partial charge in [0.2, 0.25) is 5.69 Å². The molecule has 0 radical (unpaired) electrons. The van der Waals surface area contributed by atoms with E-state index in [2.05, 4.69) is 10.6 Å². The van der Waals surface area contributed by atoms with Gasteiger partial charge in [0.05, 0.1) is 17.2 Å². The van der Waals surface area contributed by atoms with Crippen molar-refractivity contribution >= 4 is 11.9 Å². The number of nitriles is 1. The van der Waals surface area contributed by atoms with Crippen molar-refractivity contribution in [3.05, 3.63) is 59.7 Å². The highest BCUT2D eigenvalue weighted by molar-refractivity contribution is 5.82. The Bertz CT molecular complexity index is 684. The van der Waals surface area contributed by atoms with Crippen LogP contribution in [-0.4, -0.2) is 17.0 Å². The maximum atomic E-state index is 8.96. The van der Waals surface area contributed by atoms with E-state index in [1.54, 1.807) is 6.07 Å². The van der Waals surface area contributed by atoms with E-state index in [0.717, 1.165) is 17.0 Å². The lowest BCUT2D eigenvalue weighted by atomic mass is 10.1. The van der Waals surface area contributed by atoms with Crippen molar-refractivity contribution in [3.63, 3.8) is 0 Å². The molecule has 0 saturated heterocycles. The fraction of sp³-hybridized carbons (Fsp3) is 0.125. The summed E-state index contributed by atoms with van der Waals surface area (Å²) in [6.45, 7) is 2.00.